The van der Waals surface area contributed by atoms with Crippen molar-refractivity contribution in [3.63, 3.8) is 0 Å². The van der Waals surface area contributed by atoms with E-state index in [1.807, 2.05) is 6.07 Å². The van der Waals surface area contributed by atoms with Gasteiger partial charge in [0, 0.05) is 6.54 Å². The highest BCUT2D eigenvalue weighted by Gasteiger charge is 2.02. The molecular formula is C13H22N2S2. The first-order valence-corrected chi connectivity index (χ1v) is 7.27. The van der Waals surface area contributed by atoms with E-state index in [4.69, 9.17) is 24.4 Å². The Morgan fingerprint density at radius 2 is 1.94 bits per heavy atom. The van der Waals surface area contributed by atoms with Gasteiger partial charge in [0.1, 0.15) is 0 Å². The Morgan fingerprint density at radius 3 is 2.47 bits per heavy atom. The van der Waals surface area contributed by atoms with Crippen LogP contribution >= 0.6 is 24.4 Å². The van der Waals surface area contributed by atoms with Crippen molar-refractivity contribution < 1.29 is 0 Å². The fraction of sp³-hybridized carbons (Fsp3) is 0.692. The summed E-state index contributed by atoms with van der Waals surface area (Å²) in [6, 6.07) is 1.95. The van der Waals surface area contributed by atoms with E-state index in [2.05, 4.69) is 24.1 Å². The third-order valence-corrected chi connectivity index (χ3v) is 3.84. The molecule has 0 aromatic heterocycles. The lowest BCUT2D eigenvalue weighted by molar-refractivity contribution is 0.283. The van der Waals surface area contributed by atoms with Crippen molar-refractivity contribution in [2.75, 3.05) is 31.5 Å². The van der Waals surface area contributed by atoms with E-state index in [0.29, 0.717) is 0 Å². The van der Waals surface area contributed by atoms with Gasteiger partial charge in [0.05, 0.1) is 14.7 Å². The van der Waals surface area contributed by atoms with Crippen LogP contribution in [-0.2, 0) is 0 Å². The highest BCUT2D eigenvalue weighted by atomic mass is 32.1. The predicted octanol–water partition coefficient (Wildman–Crippen LogP) is 3.95. The fourth-order valence-corrected chi connectivity index (χ4v) is 2.29. The summed E-state index contributed by atoms with van der Waals surface area (Å²) in [5.41, 5.74) is 1.06. The Labute approximate surface area is 115 Å². The summed E-state index contributed by atoms with van der Waals surface area (Å²) >= 11 is 10.1. The Bertz CT molecular complexity index is 394. The summed E-state index contributed by atoms with van der Waals surface area (Å²) in [6.45, 7) is 9.04. The summed E-state index contributed by atoms with van der Waals surface area (Å²) < 4.78 is 1.66. The second-order valence-corrected chi connectivity index (χ2v) is 5.17. The Hall–Kier alpha value is -0.320. The van der Waals surface area contributed by atoms with Gasteiger partial charge in [-0.3, -0.25) is 0 Å². The molecule has 1 aromatic rings. The van der Waals surface area contributed by atoms with Crippen molar-refractivity contribution in [2.24, 2.45) is 0 Å². The van der Waals surface area contributed by atoms with E-state index in [-0.39, 0.29) is 0 Å². The summed E-state index contributed by atoms with van der Waals surface area (Å²) in [5.74, 6) is 0. The summed E-state index contributed by atoms with van der Waals surface area (Å²) in [4.78, 5) is 2.50. The van der Waals surface area contributed by atoms with Crippen LogP contribution in [0.4, 0.5) is 5.69 Å². The maximum Gasteiger partial charge on any atom is 0.0790 e. The van der Waals surface area contributed by atoms with Crippen molar-refractivity contribution in [1.82, 2.24) is 4.90 Å². The largest absolute Gasteiger partial charge is 0.384 e. The normalized spacial score (nSPS) is 11.2. The molecule has 0 saturated heterocycles. The molecule has 0 unspecified atom stereocenters. The first-order valence-electron chi connectivity index (χ1n) is 6.45. The third-order valence-electron chi connectivity index (χ3n) is 2.95. The minimum absolute atomic E-state index is 0.822. The van der Waals surface area contributed by atoms with Crippen LogP contribution in [0.25, 0.3) is 0 Å². The number of rotatable bonds is 9. The average Bonchev–Trinajstić information content (AvgIpc) is 2.35. The van der Waals surface area contributed by atoms with Crippen molar-refractivity contribution >= 4 is 30.1 Å². The van der Waals surface area contributed by atoms with E-state index in [1.54, 1.807) is 0 Å². The molecule has 0 saturated carbocycles. The van der Waals surface area contributed by atoms with Gasteiger partial charge in [0.2, 0.25) is 0 Å². The SMILES string of the molecule is CCCN(CC)CCCCNc1cc(=S)c1=S. The monoisotopic (exact) mass is 270 g/mol. The standard InChI is InChI=1S/C13H22N2S2/c1-3-8-15(4-2)9-6-5-7-14-11-10-12(16)13(11)17/h10,14H,3-9H2,1-2H3. The van der Waals surface area contributed by atoms with Gasteiger partial charge in [0.25, 0.3) is 0 Å². The van der Waals surface area contributed by atoms with Crippen LogP contribution in [0.15, 0.2) is 6.07 Å². The van der Waals surface area contributed by atoms with Crippen LogP contribution in [0.1, 0.15) is 33.1 Å². The minimum atomic E-state index is 0.822. The molecule has 0 radical (unpaired) electrons. The molecule has 0 heterocycles. The quantitative estimate of drug-likeness (QED) is 0.539. The molecule has 2 nitrogen and oxygen atoms in total. The summed E-state index contributed by atoms with van der Waals surface area (Å²) in [6.07, 6.45) is 3.67. The topological polar surface area (TPSA) is 15.3 Å². The van der Waals surface area contributed by atoms with Gasteiger partial charge in [-0.2, -0.15) is 0 Å². The predicted molar refractivity (Wildman–Crippen MR) is 80.6 cm³/mol. The smallest absolute Gasteiger partial charge is 0.0790 e. The maximum atomic E-state index is 5.12. The molecule has 1 aromatic carbocycles. The number of anilines is 1. The van der Waals surface area contributed by atoms with Gasteiger partial charge < -0.3 is 10.2 Å². The molecule has 0 bridgehead atoms. The highest BCUT2D eigenvalue weighted by Crippen LogP contribution is 2.17. The Kier molecular flexibility index (Phi) is 6.85. The average molecular weight is 270 g/mol. The van der Waals surface area contributed by atoms with E-state index in [0.717, 1.165) is 27.8 Å². The van der Waals surface area contributed by atoms with E-state index in [1.165, 1.54) is 32.4 Å². The highest BCUT2D eigenvalue weighted by molar-refractivity contribution is 7.74. The van der Waals surface area contributed by atoms with Gasteiger partial charge in [-0.1, -0.05) is 38.3 Å². The second kappa shape index (κ2) is 7.90. The van der Waals surface area contributed by atoms with Gasteiger partial charge in [-0.05, 0) is 45.0 Å². The molecule has 0 aliphatic carbocycles. The molecule has 0 atom stereocenters. The number of unbranched alkanes of at least 4 members (excludes halogenated alkanes) is 1. The molecular weight excluding hydrogens is 248 g/mol. The maximum absolute atomic E-state index is 5.12. The second-order valence-electron chi connectivity index (χ2n) is 4.32. The zero-order chi connectivity index (χ0) is 12.7. The molecule has 1 N–H and O–H groups in total. The zero-order valence-electron chi connectivity index (χ0n) is 10.8. The first-order chi connectivity index (χ1) is 8.19. The molecule has 1 rings (SSSR count). The van der Waals surface area contributed by atoms with Gasteiger partial charge in [-0.15, -0.1) is 0 Å². The van der Waals surface area contributed by atoms with E-state index < -0.39 is 0 Å². The van der Waals surface area contributed by atoms with Crippen molar-refractivity contribution in [3.05, 3.63) is 15.1 Å². The molecule has 4 heteroatoms. The lowest BCUT2D eigenvalue weighted by Gasteiger charge is -2.19. The van der Waals surface area contributed by atoms with Gasteiger partial charge >= 0.3 is 0 Å². The van der Waals surface area contributed by atoms with Crippen LogP contribution in [0.5, 0.6) is 0 Å². The molecule has 0 amide bonds. The molecule has 17 heavy (non-hydrogen) atoms. The number of nitrogens with zero attached hydrogens (tertiary/aromatic N) is 1. The zero-order valence-corrected chi connectivity index (χ0v) is 12.4. The molecule has 0 fully saturated rings. The number of nitrogens with one attached hydrogen (secondary N) is 1. The molecule has 0 spiro atoms. The fourth-order valence-electron chi connectivity index (χ4n) is 1.88. The number of hydrogen-bond donors (Lipinski definition) is 1. The number of hydrogen-bond acceptors (Lipinski definition) is 4. The molecule has 0 aliphatic heterocycles. The van der Waals surface area contributed by atoms with Gasteiger partial charge in [0.15, 0.2) is 0 Å². The van der Waals surface area contributed by atoms with Crippen LogP contribution in [0, 0.1) is 9.02 Å². The van der Waals surface area contributed by atoms with Crippen molar-refractivity contribution in [1.29, 1.82) is 0 Å². The van der Waals surface area contributed by atoms with E-state index in [9.17, 15) is 0 Å². The van der Waals surface area contributed by atoms with Crippen LogP contribution in [-0.4, -0.2) is 31.1 Å². The van der Waals surface area contributed by atoms with Crippen molar-refractivity contribution in [3.8, 4) is 0 Å². The third kappa shape index (κ3) is 4.82. The summed E-state index contributed by atoms with van der Waals surface area (Å²) in [5, 5.41) is 3.34. The first kappa shape index (κ1) is 14.7. The van der Waals surface area contributed by atoms with Crippen LogP contribution < -0.4 is 5.32 Å². The van der Waals surface area contributed by atoms with Crippen molar-refractivity contribution in [2.45, 2.75) is 33.1 Å². The minimum Gasteiger partial charge on any atom is -0.384 e. The van der Waals surface area contributed by atoms with E-state index >= 15 is 0 Å². The Balaban J connectivity index is 2.07. The lowest BCUT2D eigenvalue weighted by Crippen LogP contribution is -2.25. The van der Waals surface area contributed by atoms with Gasteiger partial charge in [-0.25, -0.2) is 0 Å². The lowest BCUT2D eigenvalue weighted by atomic mass is 10.2. The van der Waals surface area contributed by atoms with Crippen LogP contribution in [0.3, 0.4) is 0 Å². The molecule has 0 aliphatic rings. The summed E-state index contributed by atoms with van der Waals surface area (Å²) in [7, 11) is 0. The Morgan fingerprint density at radius 1 is 1.18 bits per heavy atom. The van der Waals surface area contributed by atoms with Crippen LogP contribution in [0.2, 0.25) is 0 Å². The molecule has 96 valence electrons.